The molecular formula is C28H34FN5O5. The van der Waals surface area contributed by atoms with Crippen LogP contribution in [0.5, 0.6) is 5.75 Å². The summed E-state index contributed by atoms with van der Waals surface area (Å²) in [4.78, 5) is 45.2. The summed E-state index contributed by atoms with van der Waals surface area (Å²) in [5.41, 5.74) is -0.0342. The van der Waals surface area contributed by atoms with Crippen LogP contribution in [0.4, 0.5) is 9.18 Å². The predicted molar refractivity (Wildman–Crippen MR) is 141 cm³/mol. The first kappa shape index (κ1) is 28.0. The smallest absolute Gasteiger partial charge is 0.408 e. The summed E-state index contributed by atoms with van der Waals surface area (Å²) in [6.07, 6.45) is 2.60. The van der Waals surface area contributed by atoms with E-state index >= 15 is 0 Å². The van der Waals surface area contributed by atoms with Gasteiger partial charge in [-0.15, -0.1) is 0 Å². The number of piperidine rings is 1. The number of rotatable bonds is 8. The number of nitrogens with one attached hydrogen (secondary N) is 1. The number of halogens is 1. The summed E-state index contributed by atoms with van der Waals surface area (Å²) in [6.45, 7) is 5.66. The van der Waals surface area contributed by atoms with E-state index in [1.54, 1.807) is 32.7 Å². The molecule has 2 aromatic rings. The quantitative estimate of drug-likeness (QED) is 0.551. The molecule has 1 aromatic heterocycles. The van der Waals surface area contributed by atoms with Gasteiger partial charge in [0.15, 0.2) is 0 Å². The van der Waals surface area contributed by atoms with E-state index in [1.807, 2.05) is 30.3 Å². The van der Waals surface area contributed by atoms with Crippen LogP contribution in [0, 0.1) is 11.2 Å². The number of pyridine rings is 1. The van der Waals surface area contributed by atoms with E-state index in [0.29, 0.717) is 19.4 Å². The molecule has 2 aliphatic rings. The van der Waals surface area contributed by atoms with Crippen LogP contribution in [0.25, 0.3) is 0 Å². The molecule has 0 saturated carbocycles. The second kappa shape index (κ2) is 11.4. The van der Waals surface area contributed by atoms with Gasteiger partial charge in [0, 0.05) is 39.0 Å². The van der Waals surface area contributed by atoms with Crippen LogP contribution in [-0.2, 0) is 20.7 Å². The molecule has 0 aliphatic carbocycles. The third-order valence-corrected chi connectivity index (χ3v) is 6.61. The molecular weight excluding hydrogens is 505 g/mol. The standard InChI is InChI=1S/C28H34FN5O5/c1-27(2,3)39-26(37)31-22(11-13-38-21-14-20(29)16-30-17-21)24(35)34-12-10-23-28(18-34,25(36)33(4)32-23)15-19-8-6-5-7-9-19/h5-9,14,16-17,22H,10-13,15,18H2,1-4H3,(H,31,37)/t22?,28-/m1/s1. The van der Waals surface area contributed by atoms with Crippen molar-refractivity contribution in [2.24, 2.45) is 10.5 Å². The Balaban J connectivity index is 1.53. The van der Waals surface area contributed by atoms with E-state index in [1.165, 1.54) is 17.3 Å². The van der Waals surface area contributed by atoms with E-state index < -0.39 is 29.0 Å². The van der Waals surface area contributed by atoms with Gasteiger partial charge in [-0.3, -0.25) is 14.6 Å². The summed E-state index contributed by atoms with van der Waals surface area (Å²) < 4.78 is 24.5. The minimum Gasteiger partial charge on any atom is -0.492 e. The lowest BCUT2D eigenvalue weighted by Gasteiger charge is -2.40. The van der Waals surface area contributed by atoms with E-state index in [2.05, 4.69) is 15.4 Å². The van der Waals surface area contributed by atoms with Gasteiger partial charge in [0.2, 0.25) is 5.91 Å². The minimum atomic E-state index is -0.997. The van der Waals surface area contributed by atoms with Gasteiger partial charge in [0.05, 0.1) is 24.7 Å². The molecule has 3 heterocycles. The van der Waals surface area contributed by atoms with Crippen molar-refractivity contribution < 1.29 is 28.2 Å². The lowest BCUT2D eigenvalue weighted by atomic mass is 9.73. The zero-order valence-electron chi connectivity index (χ0n) is 22.6. The van der Waals surface area contributed by atoms with Crippen LogP contribution in [0.2, 0.25) is 0 Å². The van der Waals surface area contributed by atoms with Gasteiger partial charge in [0.25, 0.3) is 5.91 Å². The van der Waals surface area contributed by atoms with Crippen LogP contribution >= 0.6 is 0 Å². The summed E-state index contributed by atoms with van der Waals surface area (Å²) in [5, 5.41) is 8.51. The molecule has 4 rings (SSSR count). The largest absolute Gasteiger partial charge is 0.492 e. The normalized spacial score (nSPS) is 19.7. The van der Waals surface area contributed by atoms with E-state index in [0.717, 1.165) is 17.5 Å². The first-order valence-electron chi connectivity index (χ1n) is 12.9. The minimum absolute atomic E-state index is 0.00864. The third-order valence-electron chi connectivity index (χ3n) is 6.61. The molecule has 2 aliphatic heterocycles. The number of hydrazone groups is 1. The Labute approximate surface area is 227 Å². The maximum absolute atomic E-state index is 13.8. The van der Waals surface area contributed by atoms with Gasteiger partial charge in [-0.25, -0.2) is 14.2 Å². The number of alkyl carbamates (subject to hydrolysis) is 1. The van der Waals surface area contributed by atoms with E-state index in [4.69, 9.17) is 9.47 Å². The van der Waals surface area contributed by atoms with Crippen molar-refractivity contribution >= 4 is 23.6 Å². The number of ether oxygens (including phenoxy) is 2. The lowest BCUT2D eigenvalue weighted by molar-refractivity contribution is -0.141. The Morgan fingerprint density at radius 1 is 1.21 bits per heavy atom. The number of carbonyl (C=O) groups excluding carboxylic acids is 3. The third kappa shape index (κ3) is 6.71. The van der Waals surface area contributed by atoms with Crippen molar-refractivity contribution in [3.63, 3.8) is 0 Å². The maximum atomic E-state index is 13.8. The van der Waals surface area contributed by atoms with Crippen molar-refractivity contribution in [2.75, 3.05) is 26.7 Å². The molecule has 1 fully saturated rings. The average molecular weight is 540 g/mol. The highest BCUT2D eigenvalue weighted by Gasteiger charge is 2.53. The molecule has 1 unspecified atom stereocenters. The highest BCUT2D eigenvalue weighted by molar-refractivity contribution is 6.13. The van der Waals surface area contributed by atoms with Gasteiger partial charge in [-0.05, 0) is 32.8 Å². The molecule has 2 atom stereocenters. The summed E-state index contributed by atoms with van der Waals surface area (Å²) in [7, 11) is 1.62. The SMILES string of the molecule is CN1N=C2CCN(C(=O)C(CCOc3cncc(F)c3)NC(=O)OC(C)(C)C)C[C@@]2(Cc2ccccc2)C1=O. The van der Waals surface area contributed by atoms with E-state index in [9.17, 15) is 18.8 Å². The second-order valence-electron chi connectivity index (χ2n) is 10.8. The zero-order valence-corrected chi connectivity index (χ0v) is 22.6. The number of carbonyl (C=O) groups is 3. The fourth-order valence-corrected chi connectivity index (χ4v) is 4.91. The Morgan fingerprint density at radius 3 is 2.64 bits per heavy atom. The summed E-state index contributed by atoms with van der Waals surface area (Å²) in [6, 6.07) is 9.81. The first-order valence-corrected chi connectivity index (χ1v) is 12.9. The molecule has 1 aromatic carbocycles. The molecule has 3 amide bonds. The fourth-order valence-electron chi connectivity index (χ4n) is 4.91. The van der Waals surface area contributed by atoms with Gasteiger partial charge in [-0.2, -0.15) is 5.10 Å². The van der Waals surface area contributed by atoms with Crippen LogP contribution in [0.3, 0.4) is 0 Å². The Morgan fingerprint density at radius 2 is 1.95 bits per heavy atom. The number of likely N-dealkylation sites (tertiary alicyclic amines) is 1. The lowest BCUT2D eigenvalue weighted by Crippen LogP contribution is -2.59. The molecule has 0 radical (unpaired) electrons. The number of fused-ring (bicyclic) bond motifs is 1. The van der Waals surface area contributed by atoms with Crippen molar-refractivity contribution in [3.05, 3.63) is 60.2 Å². The second-order valence-corrected chi connectivity index (χ2v) is 10.8. The van der Waals surface area contributed by atoms with Crippen molar-refractivity contribution in [1.82, 2.24) is 20.2 Å². The number of aromatic nitrogens is 1. The number of hydrogen-bond donors (Lipinski definition) is 1. The predicted octanol–water partition coefficient (Wildman–Crippen LogP) is 3.17. The molecule has 39 heavy (non-hydrogen) atoms. The highest BCUT2D eigenvalue weighted by atomic mass is 19.1. The Hall–Kier alpha value is -4.02. The molecule has 208 valence electrons. The zero-order chi connectivity index (χ0) is 28.2. The molecule has 10 nitrogen and oxygen atoms in total. The van der Waals surface area contributed by atoms with Gasteiger partial charge >= 0.3 is 6.09 Å². The topological polar surface area (TPSA) is 113 Å². The molecule has 11 heteroatoms. The molecule has 0 bridgehead atoms. The number of amides is 3. The van der Waals surface area contributed by atoms with Crippen molar-refractivity contribution in [1.29, 1.82) is 0 Å². The van der Waals surface area contributed by atoms with Crippen molar-refractivity contribution in [3.8, 4) is 5.75 Å². The number of nitrogens with zero attached hydrogens (tertiary/aromatic N) is 4. The molecule has 1 N–H and O–H groups in total. The fraction of sp³-hybridized carbons (Fsp3) is 0.464. The van der Waals surface area contributed by atoms with E-state index in [-0.39, 0.29) is 37.1 Å². The maximum Gasteiger partial charge on any atom is 0.408 e. The summed E-state index contributed by atoms with van der Waals surface area (Å²) >= 11 is 0. The molecule has 0 spiro atoms. The molecule has 1 saturated heterocycles. The van der Waals surface area contributed by atoms with Crippen LogP contribution in [0.15, 0.2) is 53.9 Å². The van der Waals surface area contributed by atoms with Crippen molar-refractivity contribution in [2.45, 2.75) is 51.7 Å². The highest BCUT2D eigenvalue weighted by Crippen LogP contribution is 2.38. The first-order chi connectivity index (χ1) is 18.5. The van der Waals surface area contributed by atoms with Crippen LogP contribution < -0.4 is 10.1 Å². The Bertz CT molecular complexity index is 1250. The average Bonchev–Trinajstić information content (AvgIpc) is 3.11. The van der Waals surface area contributed by atoms with Gasteiger partial charge in [-0.1, -0.05) is 30.3 Å². The van der Waals surface area contributed by atoms with Gasteiger partial charge in [0.1, 0.15) is 28.6 Å². The van der Waals surface area contributed by atoms with Gasteiger partial charge < -0.3 is 19.7 Å². The van der Waals surface area contributed by atoms with Crippen LogP contribution in [0.1, 0.15) is 39.2 Å². The Kier molecular flexibility index (Phi) is 8.17. The van der Waals surface area contributed by atoms with Crippen LogP contribution in [-0.4, -0.2) is 76.9 Å². The number of hydrogen-bond acceptors (Lipinski definition) is 7. The monoisotopic (exact) mass is 539 g/mol. The summed E-state index contributed by atoms with van der Waals surface area (Å²) in [5.74, 6) is -0.875. The number of benzene rings is 1.